The second-order valence-corrected chi connectivity index (χ2v) is 6.53. The average molecular weight is 448 g/mol. The van der Waals surface area contributed by atoms with E-state index in [-0.39, 0.29) is 26.2 Å². The maximum absolute atomic E-state index is 3.60. The molecular formula is C26H44Zr. The van der Waals surface area contributed by atoms with Gasteiger partial charge in [0.05, 0.1) is 0 Å². The Bertz CT molecular complexity index is 343. The van der Waals surface area contributed by atoms with Crippen molar-refractivity contribution in [1.82, 2.24) is 0 Å². The summed E-state index contributed by atoms with van der Waals surface area (Å²) in [4.78, 5) is 0. The molecule has 0 amide bonds. The summed E-state index contributed by atoms with van der Waals surface area (Å²) in [5, 5.41) is 0. The summed E-state index contributed by atoms with van der Waals surface area (Å²) in [5.41, 5.74) is 2.83. The molecule has 2 aliphatic carbocycles. The van der Waals surface area contributed by atoms with Crippen molar-refractivity contribution in [3.05, 3.63) is 61.4 Å². The number of allylic oxidation sites excluding steroid dienone is 8. The fraction of sp³-hybridized carbons (Fsp3) is 0.615. The van der Waals surface area contributed by atoms with Gasteiger partial charge >= 0.3 is 26.2 Å². The van der Waals surface area contributed by atoms with Crippen molar-refractivity contribution >= 4 is 0 Å². The Kier molecular flexibility index (Phi) is 32.8. The van der Waals surface area contributed by atoms with Gasteiger partial charge in [0.2, 0.25) is 0 Å². The zero-order chi connectivity index (χ0) is 19.9. The molecule has 0 bridgehead atoms. The molecule has 0 spiro atoms. The summed E-state index contributed by atoms with van der Waals surface area (Å²) in [5.74, 6) is 0. The summed E-state index contributed by atoms with van der Waals surface area (Å²) >= 11 is 0. The van der Waals surface area contributed by atoms with E-state index in [1.165, 1.54) is 62.5 Å². The van der Waals surface area contributed by atoms with Crippen molar-refractivity contribution in [2.75, 3.05) is 0 Å². The van der Waals surface area contributed by atoms with Gasteiger partial charge in [0.25, 0.3) is 0 Å². The Labute approximate surface area is 191 Å². The first-order chi connectivity index (χ1) is 12.7. The molecule has 0 nitrogen and oxygen atoms in total. The van der Waals surface area contributed by atoms with Gasteiger partial charge < -0.3 is 13.8 Å². The number of hydrogen-bond acceptors (Lipinski definition) is 0. The molecule has 152 valence electrons. The second-order valence-electron chi connectivity index (χ2n) is 6.53. The van der Waals surface area contributed by atoms with Crippen LogP contribution < -0.4 is 0 Å². The molecule has 27 heavy (non-hydrogen) atoms. The molecule has 0 radical (unpaired) electrons. The first-order valence-corrected chi connectivity index (χ1v) is 10.8. The van der Waals surface area contributed by atoms with Crippen LogP contribution in [0.5, 0.6) is 0 Å². The van der Waals surface area contributed by atoms with Crippen molar-refractivity contribution in [3.63, 3.8) is 0 Å². The third-order valence-electron chi connectivity index (χ3n) is 3.84. The summed E-state index contributed by atoms with van der Waals surface area (Å²) < 4.78 is 0. The molecule has 2 aliphatic rings. The fourth-order valence-corrected chi connectivity index (χ4v) is 1.98. The molecule has 0 aromatic carbocycles. The normalized spacial score (nSPS) is 13.1. The van der Waals surface area contributed by atoms with E-state index < -0.39 is 0 Å². The molecule has 2 rings (SSSR count). The van der Waals surface area contributed by atoms with Crippen LogP contribution in [0.3, 0.4) is 0 Å². The summed E-state index contributed by atoms with van der Waals surface area (Å²) in [6.45, 7) is 15.9. The molecule has 0 fully saturated rings. The van der Waals surface area contributed by atoms with Crippen molar-refractivity contribution in [1.29, 1.82) is 0 Å². The number of unbranched alkanes of at least 4 members (excludes halogenated alkanes) is 4. The largest absolute Gasteiger partial charge is 4.00 e. The van der Waals surface area contributed by atoms with Crippen LogP contribution >= 0.6 is 0 Å². The molecule has 0 heterocycles. The Hall–Kier alpha value is -0.157. The van der Waals surface area contributed by atoms with Gasteiger partial charge in [0, 0.05) is 0 Å². The van der Waals surface area contributed by atoms with Crippen LogP contribution in [0, 0.1) is 26.0 Å². The number of rotatable bonds is 8. The molecule has 1 heteroatoms. The summed E-state index contributed by atoms with van der Waals surface area (Å²) in [7, 11) is 0. The Morgan fingerprint density at radius 2 is 1.04 bits per heavy atom. The van der Waals surface area contributed by atoms with Gasteiger partial charge in [-0.25, -0.2) is 23.3 Å². The molecule has 0 N–H and O–H groups in total. The van der Waals surface area contributed by atoms with E-state index >= 15 is 0 Å². The predicted molar refractivity (Wildman–Crippen MR) is 121 cm³/mol. The molecule has 0 atom stereocenters. The topological polar surface area (TPSA) is 0 Å². The molecule has 0 aromatic rings. The van der Waals surface area contributed by atoms with Crippen LogP contribution in [0.4, 0.5) is 0 Å². The molecule has 0 saturated heterocycles. The minimum absolute atomic E-state index is 0. The maximum atomic E-state index is 3.60. The Morgan fingerprint density at radius 3 is 1.22 bits per heavy atom. The Morgan fingerprint density at radius 1 is 0.704 bits per heavy atom. The standard InChI is InChI=1S/2C9H13.2C4H9.Zr/c2*1-2-3-6-9-7-4-5-8-9;2*1-3-4-2;/h2*4,7H,2-3,5-6H2,1H3;2*1,3-4H2,2H3;/q4*-1;+4. The van der Waals surface area contributed by atoms with E-state index in [4.69, 9.17) is 0 Å². The van der Waals surface area contributed by atoms with Crippen LogP contribution in [-0.2, 0) is 26.2 Å². The van der Waals surface area contributed by atoms with E-state index in [2.05, 4.69) is 78.0 Å². The second kappa shape index (κ2) is 28.1. The third-order valence-corrected chi connectivity index (χ3v) is 3.84. The van der Waals surface area contributed by atoms with Crippen molar-refractivity contribution < 1.29 is 26.2 Å². The molecular weight excluding hydrogens is 404 g/mol. The first-order valence-electron chi connectivity index (χ1n) is 10.8. The average Bonchev–Trinajstić information content (AvgIpc) is 3.39. The van der Waals surface area contributed by atoms with Crippen LogP contribution in [0.25, 0.3) is 0 Å². The fourth-order valence-electron chi connectivity index (χ4n) is 1.98. The van der Waals surface area contributed by atoms with Gasteiger partial charge in [0.15, 0.2) is 0 Å². The van der Waals surface area contributed by atoms with E-state index in [0.717, 1.165) is 25.7 Å². The number of hydrogen-bond donors (Lipinski definition) is 0. The van der Waals surface area contributed by atoms with Gasteiger partial charge in [-0.1, -0.05) is 79.1 Å². The summed E-state index contributed by atoms with van der Waals surface area (Å²) in [6, 6.07) is 0. The van der Waals surface area contributed by atoms with Crippen LogP contribution in [0.15, 0.2) is 35.5 Å². The van der Waals surface area contributed by atoms with Crippen molar-refractivity contribution in [3.8, 4) is 0 Å². The van der Waals surface area contributed by atoms with E-state index in [1.54, 1.807) is 0 Å². The van der Waals surface area contributed by atoms with Crippen molar-refractivity contribution in [2.45, 2.75) is 105 Å². The van der Waals surface area contributed by atoms with E-state index in [9.17, 15) is 0 Å². The van der Waals surface area contributed by atoms with Gasteiger partial charge in [-0.2, -0.15) is 25.0 Å². The smallest absolute Gasteiger partial charge is 0.343 e. The van der Waals surface area contributed by atoms with E-state index in [0.29, 0.717) is 0 Å². The predicted octanol–water partition coefficient (Wildman–Crippen LogP) is 8.97. The zero-order valence-electron chi connectivity index (χ0n) is 18.7. The van der Waals surface area contributed by atoms with Crippen LogP contribution in [0.1, 0.15) is 105 Å². The van der Waals surface area contributed by atoms with Gasteiger partial charge in [-0.05, 0) is 0 Å². The SMILES string of the molecule is CCCCC1=[C-]CC=C1.CCCCC1=[C-]CC=C1.[CH2-]CCC.[CH2-]CCC.[Zr+4]. The maximum Gasteiger partial charge on any atom is 4.00 e. The van der Waals surface area contributed by atoms with E-state index in [1.807, 2.05) is 0 Å². The monoisotopic (exact) mass is 446 g/mol. The Balaban J connectivity index is -0.000000303. The van der Waals surface area contributed by atoms with Gasteiger partial charge in [-0.15, -0.1) is 12.8 Å². The minimum atomic E-state index is 0. The molecule has 0 aliphatic heterocycles. The molecule has 0 aromatic heterocycles. The van der Waals surface area contributed by atoms with Crippen LogP contribution in [0.2, 0.25) is 0 Å². The van der Waals surface area contributed by atoms with Crippen LogP contribution in [-0.4, -0.2) is 0 Å². The van der Waals surface area contributed by atoms with Crippen molar-refractivity contribution in [2.24, 2.45) is 0 Å². The minimum Gasteiger partial charge on any atom is -0.343 e. The van der Waals surface area contributed by atoms with Gasteiger partial charge in [-0.3, -0.25) is 12.2 Å². The first kappa shape index (κ1) is 31.5. The quantitative estimate of drug-likeness (QED) is 0.326. The molecule has 0 saturated carbocycles. The zero-order valence-corrected chi connectivity index (χ0v) is 21.2. The van der Waals surface area contributed by atoms with Gasteiger partial charge in [0.1, 0.15) is 0 Å². The molecule has 0 unspecified atom stereocenters. The summed E-state index contributed by atoms with van der Waals surface area (Å²) in [6.07, 6.45) is 29.6. The third kappa shape index (κ3) is 25.8.